The summed E-state index contributed by atoms with van der Waals surface area (Å²) in [5.41, 5.74) is 2.03. The standard InChI is InChI=1S/C30H36F2O/c1-3-21-5-7-22(8-6-21)9-10-23-11-13-24(14-12-23)25-15-17-27(28(31)19-25)26-16-18-30(33-4-2)29(32)20-26/h3,9-10,15-24H,1,4-8,11-14H2,2H3/b10-9+. The molecule has 0 heterocycles. The molecule has 0 N–H and O–H groups in total. The van der Waals surface area contributed by atoms with Gasteiger partial charge in [-0.2, -0.15) is 0 Å². The van der Waals surface area contributed by atoms with E-state index in [1.54, 1.807) is 24.3 Å². The number of allylic oxidation sites excluding steroid dienone is 3. The average molecular weight is 451 g/mol. The van der Waals surface area contributed by atoms with Crippen molar-refractivity contribution in [3.63, 3.8) is 0 Å². The highest BCUT2D eigenvalue weighted by Gasteiger charge is 2.23. The van der Waals surface area contributed by atoms with Crippen LogP contribution in [0.1, 0.15) is 69.8 Å². The van der Waals surface area contributed by atoms with E-state index in [1.165, 1.54) is 31.7 Å². The minimum absolute atomic E-state index is 0.202. The van der Waals surface area contributed by atoms with E-state index < -0.39 is 5.82 Å². The molecule has 0 aromatic heterocycles. The van der Waals surface area contributed by atoms with Crippen LogP contribution in [0.2, 0.25) is 0 Å². The normalized spacial score (nSPS) is 25.8. The summed E-state index contributed by atoms with van der Waals surface area (Å²) >= 11 is 0. The molecular formula is C30H36F2O. The molecule has 2 aliphatic rings. The quantitative estimate of drug-likeness (QED) is 0.383. The van der Waals surface area contributed by atoms with E-state index in [2.05, 4.69) is 24.8 Å². The molecule has 2 aliphatic carbocycles. The van der Waals surface area contributed by atoms with Gasteiger partial charge in [0.05, 0.1) is 6.61 Å². The SMILES string of the molecule is C=CC1CCC(/C=C/C2CCC(c3ccc(-c4ccc(OCC)c(F)c4)c(F)c3)CC2)CC1. The van der Waals surface area contributed by atoms with Crippen LogP contribution in [-0.4, -0.2) is 6.61 Å². The van der Waals surface area contributed by atoms with Crippen LogP contribution in [0.25, 0.3) is 11.1 Å². The Hall–Kier alpha value is -2.42. The molecule has 176 valence electrons. The molecule has 3 heteroatoms. The molecule has 0 amide bonds. The van der Waals surface area contributed by atoms with Gasteiger partial charge in [0, 0.05) is 5.56 Å². The van der Waals surface area contributed by atoms with Gasteiger partial charge in [0.15, 0.2) is 11.6 Å². The first-order valence-electron chi connectivity index (χ1n) is 12.6. The number of halogens is 2. The van der Waals surface area contributed by atoms with Crippen molar-refractivity contribution in [3.8, 4) is 16.9 Å². The molecule has 4 rings (SSSR count). The predicted octanol–water partition coefficient (Wildman–Crippen LogP) is 8.85. The number of hydrogen-bond acceptors (Lipinski definition) is 1. The Kier molecular flexibility index (Phi) is 8.01. The molecule has 2 aromatic carbocycles. The summed E-state index contributed by atoms with van der Waals surface area (Å²) < 4.78 is 34.4. The van der Waals surface area contributed by atoms with Crippen LogP contribution in [0.3, 0.4) is 0 Å². The van der Waals surface area contributed by atoms with Gasteiger partial charge in [-0.15, -0.1) is 6.58 Å². The van der Waals surface area contributed by atoms with E-state index in [0.717, 1.165) is 37.2 Å². The van der Waals surface area contributed by atoms with Crippen molar-refractivity contribution >= 4 is 0 Å². The fourth-order valence-corrected chi connectivity index (χ4v) is 5.49. The summed E-state index contributed by atoms with van der Waals surface area (Å²) in [4.78, 5) is 0. The summed E-state index contributed by atoms with van der Waals surface area (Å²) in [5.74, 6) is 1.95. The first-order valence-corrected chi connectivity index (χ1v) is 12.6. The first-order chi connectivity index (χ1) is 16.1. The van der Waals surface area contributed by atoms with E-state index in [4.69, 9.17) is 4.74 Å². The molecule has 1 nitrogen and oxygen atoms in total. The molecule has 0 aliphatic heterocycles. The summed E-state index contributed by atoms with van der Waals surface area (Å²) in [5, 5.41) is 0. The summed E-state index contributed by atoms with van der Waals surface area (Å²) in [7, 11) is 0. The van der Waals surface area contributed by atoms with Crippen LogP contribution in [0.4, 0.5) is 8.78 Å². The van der Waals surface area contributed by atoms with Crippen molar-refractivity contribution in [2.75, 3.05) is 6.61 Å². The van der Waals surface area contributed by atoms with E-state index in [1.807, 2.05) is 13.0 Å². The van der Waals surface area contributed by atoms with Gasteiger partial charge in [0.25, 0.3) is 0 Å². The summed E-state index contributed by atoms with van der Waals surface area (Å²) in [6.45, 7) is 6.15. The van der Waals surface area contributed by atoms with E-state index >= 15 is 0 Å². The summed E-state index contributed by atoms with van der Waals surface area (Å²) in [6.07, 6.45) is 16.7. The second-order valence-electron chi connectivity index (χ2n) is 9.72. The fourth-order valence-electron chi connectivity index (χ4n) is 5.49. The van der Waals surface area contributed by atoms with Crippen molar-refractivity contribution in [2.24, 2.45) is 17.8 Å². The van der Waals surface area contributed by atoms with Gasteiger partial charge in [0.2, 0.25) is 0 Å². The zero-order chi connectivity index (χ0) is 23.2. The van der Waals surface area contributed by atoms with Crippen molar-refractivity contribution in [1.29, 1.82) is 0 Å². The number of benzene rings is 2. The van der Waals surface area contributed by atoms with E-state index in [9.17, 15) is 8.78 Å². The predicted molar refractivity (Wildman–Crippen MR) is 132 cm³/mol. The van der Waals surface area contributed by atoms with Crippen LogP contribution in [0.15, 0.2) is 61.2 Å². The minimum Gasteiger partial charge on any atom is -0.491 e. The van der Waals surface area contributed by atoms with Crippen molar-refractivity contribution in [2.45, 2.75) is 64.2 Å². The highest BCUT2D eigenvalue weighted by atomic mass is 19.1. The highest BCUT2D eigenvalue weighted by Crippen LogP contribution is 2.39. The van der Waals surface area contributed by atoms with Crippen molar-refractivity contribution in [1.82, 2.24) is 0 Å². The number of ether oxygens (including phenoxy) is 1. The fraction of sp³-hybridized carbons (Fsp3) is 0.467. The molecule has 0 unspecified atom stereocenters. The Morgan fingerprint density at radius 2 is 1.45 bits per heavy atom. The lowest BCUT2D eigenvalue weighted by molar-refractivity contribution is 0.321. The molecule has 0 bridgehead atoms. The highest BCUT2D eigenvalue weighted by molar-refractivity contribution is 5.65. The molecule has 33 heavy (non-hydrogen) atoms. The number of hydrogen-bond donors (Lipinski definition) is 0. The zero-order valence-electron chi connectivity index (χ0n) is 19.7. The molecule has 0 radical (unpaired) electrons. The van der Waals surface area contributed by atoms with Crippen LogP contribution < -0.4 is 4.74 Å². The number of rotatable bonds is 7. The van der Waals surface area contributed by atoms with Gasteiger partial charge in [-0.1, -0.05) is 36.4 Å². The maximum atomic E-state index is 15.0. The van der Waals surface area contributed by atoms with Crippen LogP contribution >= 0.6 is 0 Å². The van der Waals surface area contributed by atoms with Gasteiger partial charge in [0.1, 0.15) is 5.82 Å². The molecule has 0 atom stereocenters. The lowest BCUT2D eigenvalue weighted by Gasteiger charge is -2.28. The van der Waals surface area contributed by atoms with Crippen molar-refractivity contribution < 1.29 is 13.5 Å². The molecule has 0 saturated heterocycles. The van der Waals surface area contributed by atoms with Gasteiger partial charge in [-0.3, -0.25) is 0 Å². The maximum Gasteiger partial charge on any atom is 0.165 e. The van der Waals surface area contributed by atoms with Crippen LogP contribution in [0, 0.1) is 29.4 Å². The molecular weight excluding hydrogens is 414 g/mol. The Labute approximate surface area is 197 Å². The largest absolute Gasteiger partial charge is 0.491 e. The molecule has 2 aromatic rings. The maximum absolute atomic E-state index is 15.0. The third-order valence-electron chi connectivity index (χ3n) is 7.58. The second kappa shape index (κ2) is 11.1. The van der Waals surface area contributed by atoms with Crippen LogP contribution in [-0.2, 0) is 0 Å². The Bertz CT molecular complexity index is 963. The van der Waals surface area contributed by atoms with Gasteiger partial charge < -0.3 is 4.74 Å². The zero-order valence-corrected chi connectivity index (χ0v) is 19.7. The monoisotopic (exact) mass is 450 g/mol. The molecule has 0 spiro atoms. The smallest absolute Gasteiger partial charge is 0.165 e. The third-order valence-corrected chi connectivity index (χ3v) is 7.58. The van der Waals surface area contributed by atoms with Crippen LogP contribution in [0.5, 0.6) is 5.75 Å². The minimum atomic E-state index is -0.460. The van der Waals surface area contributed by atoms with Gasteiger partial charge in [-0.25, -0.2) is 8.78 Å². The van der Waals surface area contributed by atoms with Gasteiger partial charge in [-0.05, 0) is 111 Å². The average Bonchev–Trinajstić information content (AvgIpc) is 2.85. The Morgan fingerprint density at radius 3 is 2.03 bits per heavy atom. The topological polar surface area (TPSA) is 9.23 Å². The molecule has 2 fully saturated rings. The van der Waals surface area contributed by atoms with Crippen molar-refractivity contribution in [3.05, 3.63) is 78.4 Å². The van der Waals surface area contributed by atoms with E-state index in [-0.39, 0.29) is 11.6 Å². The Balaban J connectivity index is 1.33. The molecule has 2 saturated carbocycles. The lowest BCUT2D eigenvalue weighted by Crippen LogP contribution is -2.14. The summed E-state index contributed by atoms with van der Waals surface area (Å²) in [6, 6.07) is 10.1. The first kappa shape index (κ1) is 23.7. The lowest BCUT2D eigenvalue weighted by atomic mass is 9.77. The third kappa shape index (κ3) is 5.93. The second-order valence-corrected chi connectivity index (χ2v) is 9.72. The van der Waals surface area contributed by atoms with Gasteiger partial charge >= 0.3 is 0 Å². The Morgan fingerprint density at radius 1 is 0.818 bits per heavy atom. The van der Waals surface area contributed by atoms with E-state index in [0.29, 0.717) is 35.5 Å².